The number of anilines is 2. The topological polar surface area (TPSA) is 59.6 Å². The fourth-order valence-corrected chi connectivity index (χ4v) is 2.30. The van der Waals surface area contributed by atoms with Gasteiger partial charge < -0.3 is 10.1 Å². The van der Waals surface area contributed by atoms with E-state index < -0.39 is 17.5 Å². The fraction of sp³-hybridized carbons (Fsp3) is 0.188. The molecule has 2 N–H and O–H groups in total. The number of hydrogen-bond acceptors (Lipinski definition) is 4. The Morgan fingerprint density at radius 1 is 1.12 bits per heavy atom. The molecule has 0 heterocycles. The Balaban J connectivity index is 2.19. The van der Waals surface area contributed by atoms with Gasteiger partial charge in [-0.3, -0.25) is 9.63 Å². The molecule has 0 spiro atoms. The van der Waals surface area contributed by atoms with Crippen LogP contribution in [0.1, 0.15) is 10.4 Å². The molecule has 0 unspecified atom stereocenters. The fourth-order valence-electron chi connectivity index (χ4n) is 1.85. The second-order valence-electron chi connectivity index (χ2n) is 4.71. The summed E-state index contributed by atoms with van der Waals surface area (Å²) in [5.74, 6) is -1.64. The predicted molar refractivity (Wildman–Crippen MR) is 94.1 cm³/mol. The van der Waals surface area contributed by atoms with Crippen LogP contribution in [0.2, 0.25) is 0 Å². The summed E-state index contributed by atoms with van der Waals surface area (Å²) in [5, 5.41) is 2.73. The molecule has 1 amide bonds. The Kier molecular flexibility index (Phi) is 6.88. The predicted octanol–water partition coefficient (Wildman–Crippen LogP) is 3.62. The van der Waals surface area contributed by atoms with Crippen LogP contribution < -0.4 is 10.8 Å². The van der Waals surface area contributed by atoms with Crippen LogP contribution in [0, 0.1) is 15.2 Å². The summed E-state index contributed by atoms with van der Waals surface area (Å²) in [6.45, 7) is 0.473. The Morgan fingerprint density at radius 3 is 2.62 bits per heavy atom. The second-order valence-corrected chi connectivity index (χ2v) is 5.96. The number of halogens is 3. The smallest absolute Gasteiger partial charge is 0.276 e. The number of carbonyl (C=O) groups is 1. The van der Waals surface area contributed by atoms with E-state index in [-0.39, 0.29) is 23.5 Å². The van der Waals surface area contributed by atoms with Crippen LogP contribution in [0.25, 0.3) is 0 Å². The van der Waals surface area contributed by atoms with Gasteiger partial charge in [-0.15, -0.1) is 0 Å². The molecule has 5 nitrogen and oxygen atoms in total. The molecular formula is C16H15F2IN2O3. The van der Waals surface area contributed by atoms with Gasteiger partial charge in [-0.25, -0.2) is 14.3 Å². The van der Waals surface area contributed by atoms with Crippen LogP contribution >= 0.6 is 22.6 Å². The van der Waals surface area contributed by atoms with Crippen LogP contribution in [-0.2, 0) is 9.57 Å². The number of rotatable bonds is 7. The second kappa shape index (κ2) is 8.90. The molecule has 2 aromatic rings. The van der Waals surface area contributed by atoms with Crippen LogP contribution in [0.5, 0.6) is 0 Å². The Hall–Kier alpha value is -1.78. The highest BCUT2D eigenvalue weighted by atomic mass is 127. The van der Waals surface area contributed by atoms with E-state index in [1.807, 2.05) is 22.6 Å². The van der Waals surface area contributed by atoms with Crippen molar-refractivity contribution in [2.24, 2.45) is 0 Å². The molecule has 0 aromatic heterocycles. The van der Waals surface area contributed by atoms with E-state index >= 15 is 0 Å². The molecule has 128 valence electrons. The zero-order chi connectivity index (χ0) is 17.5. The van der Waals surface area contributed by atoms with Gasteiger partial charge in [0.2, 0.25) is 0 Å². The lowest BCUT2D eigenvalue weighted by atomic mass is 10.1. The van der Waals surface area contributed by atoms with E-state index in [0.717, 1.165) is 15.7 Å². The van der Waals surface area contributed by atoms with Crippen molar-refractivity contribution in [2.75, 3.05) is 25.6 Å². The molecule has 24 heavy (non-hydrogen) atoms. The number of hydroxylamine groups is 1. The zero-order valence-corrected chi connectivity index (χ0v) is 14.9. The Bertz CT molecular complexity index is 728. The van der Waals surface area contributed by atoms with Gasteiger partial charge in [0, 0.05) is 10.7 Å². The lowest BCUT2D eigenvalue weighted by Gasteiger charge is -2.13. The third kappa shape index (κ3) is 5.11. The van der Waals surface area contributed by atoms with Crippen molar-refractivity contribution in [3.8, 4) is 0 Å². The highest BCUT2D eigenvalue weighted by Crippen LogP contribution is 2.25. The molecule has 0 atom stereocenters. The van der Waals surface area contributed by atoms with Crippen LogP contribution in [-0.4, -0.2) is 26.2 Å². The zero-order valence-electron chi connectivity index (χ0n) is 12.7. The van der Waals surface area contributed by atoms with E-state index in [1.54, 1.807) is 6.07 Å². The van der Waals surface area contributed by atoms with Gasteiger partial charge >= 0.3 is 0 Å². The number of benzene rings is 2. The van der Waals surface area contributed by atoms with E-state index in [1.165, 1.54) is 25.3 Å². The van der Waals surface area contributed by atoms with Crippen LogP contribution in [0.15, 0.2) is 36.4 Å². The number of methoxy groups -OCH3 is 1. The van der Waals surface area contributed by atoms with Crippen molar-refractivity contribution in [3.63, 3.8) is 0 Å². The molecule has 0 fully saturated rings. The van der Waals surface area contributed by atoms with Crippen molar-refractivity contribution in [1.29, 1.82) is 0 Å². The molecule has 0 aliphatic rings. The summed E-state index contributed by atoms with van der Waals surface area (Å²) in [4.78, 5) is 17.1. The van der Waals surface area contributed by atoms with Gasteiger partial charge in [0.15, 0.2) is 0 Å². The van der Waals surface area contributed by atoms with Crippen molar-refractivity contribution in [1.82, 2.24) is 5.48 Å². The number of amides is 1. The van der Waals surface area contributed by atoms with E-state index in [2.05, 4.69) is 10.8 Å². The van der Waals surface area contributed by atoms with Gasteiger partial charge in [-0.05, 0) is 59.0 Å². The number of nitrogens with one attached hydrogen (secondary N) is 2. The quantitative estimate of drug-likeness (QED) is 0.386. The van der Waals surface area contributed by atoms with E-state index in [0.29, 0.717) is 6.61 Å². The number of ether oxygens (including phenoxy) is 1. The maximum atomic E-state index is 14.0. The van der Waals surface area contributed by atoms with Gasteiger partial charge in [0.1, 0.15) is 11.6 Å². The first-order valence-corrected chi connectivity index (χ1v) is 8.02. The van der Waals surface area contributed by atoms with Gasteiger partial charge in [0.05, 0.1) is 30.2 Å². The Labute approximate surface area is 151 Å². The normalized spacial score (nSPS) is 10.5. The van der Waals surface area contributed by atoms with E-state index in [9.17, 15) is 13.6 Å². The first kappa shape index (κ1) is 18.6. The molecule has 0 aliphatic carbocycles. The molecule has 0 saturated carbocycles. The SMILES string of the molecule is COCCONC(=O)c1ccc(F)cc1Nc1ccc(I)cc1F. The molecule has 0 aliphatic heterocycles. The summed E-state index contributed by atoms with van der Waals surface area (Å²) in [7, 11) is 1.50. The standard InChI is InChI=1S/C16H15F2IN2O3/c1-23-6-7-24-21-16(22)12-4-2-10(17)8-15(12)20-14-5-3-11(19)9-13(14)18/h2-5,8-9,20H,6-7H2,1H3,(H,21,22). The molecule has 0 radical (unpaired) electrons. The molecule has 2 aromatic carbocycles. The van der Waals surface area contributed by atoms with Crippen molar-refractivity contribution in [2.45, 2.75) is 0 Å². The average molecular weight is 448 g/mol. The summed E-state index contributed by atoms with van der Waals surface area (Å²) in [5.41, 5.74) is 2.61. The summed E-state index contributed by atoms with van der Waals surface area (Å²) < 4.78 is 33.0. The molecule has 0 bridgehead atoms. The van der Waals surface area contributed by atoms with Crippen LogP contribution in [0.4, 0.5) is 20.2 Å². The van der Waals surface area contributed by atoms with Crippen LogP contribution in [0.3, 0.4) is 0 Å². The minimum absolute atomic E-state index is 0.117. The van der Waals surface area contributed by atoms with Gasteiger partial charge in [-0.1, -0.05) is 0 Å². The molecule has 0 saturated heterocycles. The maximum Gasteiger partial charge on any atom is 0.276 e. The third-order valence-electron chi connectivity index (χ3n) is 2.98. The number of carbonyl (C=O) groups excluding carboxylic acids is 1. The third-order valence-corrected chi connectivity index (χ3v) is 3.65. The minimum Gasteiger partial charge on any atom is -0.382 e. The Morgan fingerprint density at radius 2 is 1.92 bits per heavy atom. The average Bonchev–Trinajstić information content (AvgIpc) is 2.54. The monoisotopic (exact) mass is 448 g/mol. The minimum atomic E-state index is -0.584. The largest absolute Gasteiger partial charge is 0.382 e. The summed E-state index contributed by atoms with van der Waals surface area (Å²) in [6.07, 6.45) is 0. The van der Waals surface area contributed by atoms with Crippen molar-refractivity contribution >= 4 is 39.9 Å². The van der Waals surface area contributed by atoms with Crippen molar-refractivity contribution < 1.29 is 23.1 Å². The highest BCUT2D eigenvalue weighted by molar-refractivity contribution is 14.1. The first-order valence-electron chi connectivity index (χ1n) is 6.94. The first-order chi connectivity index (χ1) is 11.5. The molecular weight excluding hydrogens is 433 g/mol. The lowest BCUT2D eigenvalue weighted by molar-refractivity contribution is 0.00894. The maximum absolute atomic E-state index is 14.0. The number of hydrogen-bond donors (Lipinski definition) is 2. The van der Waals surface area contributed by atoms with Gasteiger partial charge in [0.25, 0.3) is 5.91 Å². The molecule has 2 rings (SSSR count). The molecule has 8 heteroatoms. The summed E-state index contributed by atoms with van der Waals surface area (Å²) >= 11 is 1.98. The highest BCUT2D eigenvalue weighted by Gasteiger charge is 2.14. The summed E-state index contributed by atoms with van der Waals surface area (Å²) in [6, 6.07) is 8.08. The van der Waals surface area contributed by atoms with E-state index in [4.69, 9.17) is 9.57 Å². The van der Waals surface area contributed by atoms with Crippen molar-refractivity contribution in [3.05, 3.63) is 57.2 Å². The van der Waals surface area contributed by atoms with Gasteiger partial charge in [-0.2, -0.15) is 0 Å². The lowest BCUT2D eigenvalue weighted by Crippen LogP contribution is -2.26.